The first kappa shape index (κ1) is 16.3. The molecular weight excluding hydrogens is 236 g/mol. The van der Waals surface area contributed by atoms with Gasteiger partial charge in [0, 0.05) is 7.11 Å². The molecule has 0 aromatic carbocycles. The van der Waals surface area contributed by atoms with E-state index in [9.17, 15) is 5.11 Å². The molecule has 98 valence electrons. The first-order valence-electron chi connectivity index (χ1n) is 5.74. The van der Waals surface area contributed by atoms with E-state index in [0.29, 0.717) is 0 Å². The lowest BCUT2D eigenvalue weighted by molar-refractivity contribution is -0.0696. The molecule has 0 aromatic rings. The quantitative estimate of drug-likeness (QED) is 0.776. The van der Waals surface area contributed by atoms with Gasteiger partial charge in [-0.05, 0) is 53.5 Å². The van der Waals surface area contributed by atoms with Gasteiger partial charge in [-0.1, -0.05) is 0 Å². The van der Waals surface area contributed by atoms with Crippen molar-refractivity contribution in [1.29, 1.82) is 0 Å². The second-order valence-corrected chi connectivity index (χ2v) is 15.3. The van der Waals surface area contributed by atoms with E-state index >= 15 is 0 Å². The van der Waals surface area contributed by atoms with Crippen LogP contribution in [-0.2, 0) is 8.85 Å². The van der Waals surface area contributed by atoms with Gasteiger partial charge >= 0.3 is 0 Å². The van der Waals surface area contributed by atoms with E-state index in [1.165, 1.54) is 0 Å². The summed E-state index contributed by atoms with van der Waals surface area (Å²) in [6.07, 6.45) is 0. The molecule has 0 aliphatic carbocycles. The van der Waals surface area contributed by atoms with E-state index in [-0.39, 0.29) is 0 Å². The van der Waals surface area contributed by atoms with Crippen molar-refractivity contribution in [3.8, 4) is 0 Å². The van der Waals surface area contributed by atoms with Crippen molar-refractivity contribution in [2.45, 2.75) is 64.3 Å². The Hall–Kier alpha value is 0.314. The summed E-state index contributed by atoms with van der Waals surface area (Å²) in [5.74, 6) is 0. The lowest BCUT2D eigenvalue weighted by Crippen LogP contribution is -2.67. The van der Waals surface area contributed by atoms with E-state index in [4.69, 9.17) is 8.85 Å². The van der Waals surface area contributed by atoms with Crippen molar-refractivity contribution in [3.05, 3.63) is 0 Å². The molecule has 0 bridgehead atoms. The van der Waals surface area contributed by atoms with Crippen LogP contribution in [0.5, 0.6) is 0 Å². The normalized spacial score (nSPS) is 18.4. The number of hydrogen-bond donors (Lipinski definition) is 1. The Morgan fingerprint density at radius 2 is 1.31 bits per heavy atom. The maximum absolute atomic E-state index is 10.8. The molecular formula is C11H28O3Si2. The van der Waals surface area contributed by atoms with Crippen LogP contribution in [0.1, 0.15) is 20.8 Å². The summed E-state index contributed by atoms with van der Waals surface area (Å²) >= 11 is 0. The predicted octanol–water partition coefficient (Wildman–Crippen LogP) is 2.76. The molecule has 1 unspecified atom stereocenters. The summed E-state index contributed by atoms with van der Waals surface area (Å²) in [5.41, 5.74) is -0.580. The van der Waals surface area contributed by atoms with Gasteiger partial charge in [-0.3, -0.25) is 0 Å². The van der Waals surface area contributed by atoms with Crippen LogP contribution in [0.15, 0.2) is 0 Å². The summed E-state index contributed by atoms with van der Waals surface area (Å²) in [5, 5.41) is 9.85. The second-order valence-electron chi connectivity index (χ2n) is 6.51. The largest absolute Gasteiger partial charge is 0.417 e. The van der Waals surface area contributed by atoms with E-state index < -0.39 is 27.5 Å². The maximum Gasteiger partial charge on any atom is 0.220 e. The lowest BCUT2D eigenvalue weighted by Gasteiger charge is -2.49. The zero-order valence-electron chi connectivity index (χ0n) is 12.3. The summed E-state index contributed by atoms with van der Waals surface area (Å²) in [6.45, 7) is 16.2. The van der Waals surface area contributed by atoms with Crippen molar-refractivity contribution in [1.82, 2.24) is 0 Å². The number of hydrogen-bond acceptors (Lipinski definition) is 3. The van der Waals surface area contributed by atoms with E-state index in [1.807, 2.05) is 33.9 Å². The highest BCUT2D eigenvalue weighted by Crippen LogP contribution is 2.36. The average molecular weight is 265 g/mol. The molecule has 0 heterocycles. The van der Waals surface area contributed by atoms with Crippen molar-refractivity contribution in [2.75, 3.05) is 7.11 Å². The Kier molecular flexibility index (Phi) is 4.62. The van der Waals surface area contributed by atoms with Gasteiger partial charge in [-0.25, -0.2) is 0 Å². The van der Waals surface area contributed by atoms with Crippen LogP contribution in [0, 0.1) is 0 Å². The molecule has 1 N–H and O–H groups in total. The third kappa shape index (κ3) is 3.40. The summed E-state index contributed by atoms with van der Waals surface area (Å²) in [4.78, 5) is 0. The van der Waals surface area contributed by atoms with E-state index in [0.717, 1.165) is 0 Å². The fourth-order valence-corrected chi connectivity index (χ4v) is 5.52. The Bertz CT molecular complexity index is 242. The molecule has 0 fully saturated rings. The van der Waals surface area contributed by atoms with Crippen molar-refractivity contribution in [3.63, 3.8) is 0 Å². The Balaban J connectivity index is 5.14. The number of aliphatic hydroxyl groups is 1. The summed E-state index contributed by atoms with van der Waals surface area (Å²) < 4.78 is 11.6. The molecule has 5 heteroatoms. The van der Waals surface area contributed by atoms with Crippen LogP contribution in [0.4, 0.5) is 0 Å². The molecule has 0 radical (unpaired) electrons. The fourth-order valence-electron chi connectivity index (χ4n) is 1.79. The molecule has 1 atom stereocenters. The van der Waals surface area contributed by atoms with Gasteiger partial charge in [-0.2, -0.15) is 0 Å². The fraction of sp³-hybridized carbons (Fsp3) is 1.00. The Labute approximate surface area is 102 Å². The van der Waals surface area contributed by atoms with Crippen LogP contribution >= 0.6 is 0 Å². The van der Waals surface area contributed by atoms with Crippen molar-refractivity contribution >= 4 is 16.6 Å². The number of rotatable bonds is 5. The van der Waals surface area contributed by atoms with E-state index in [2.05, 4.69) is 19.6 Å². The van der Waals surface area contributed by atoms with Crippen LogP contribution in [0.3, 0.4) is 0 Å². The van der Waals surface area contributed by atoms with E-state index in [1.54, 1.807) is 7.11 Å². The second kappa shape index (κ2) is 4.53. The van der Waals surface area contributed by atoms with Gasteiger partial charge in [0.05, 0.1) is 5.60 Å². The summed E-state index contributed by atoms with van der Waals surface area (Å²) in [7, 11) is -2.20. The third-order valence-electron chi connectivity index (χ3n) is 3.42. The van der Waals surface area contributed by atoms with Gasteiger partial charge in [0.1, 0.15) is 5.22 Å². The molecule has 0 aliphatic heterocycles. The topological polar surface area (TPSA) is 38.7 Å². The maximum atomic E-state index is 10.8. The van der Waals surface area contributed by atoms with Gasteiger partial charge in [-0.15, -0.1) is 0 Å². The van der Waals surface area contributed by atoms with Gasteiger partial charge < -0.3 is 14.0 Å². The average Bonchev–Trinajstić information content (AvgIpc) is 1.99. The molecule has 0 saturated carbocycles. The minimum Gasteiger partial charge on any atom is -0.417 e. The molecule has 0 amide bonds. The monoisotopic (exact) mass is 264 g/mol. The zero-order valence-corrected chi connectivity index (χ0v) is 14.3. The summed E-state index contributed by atoms with van der Waals surface area (Å²) in [6, 6.07) is 0. The molecule has 0 rings (SSSR count). The smallest absolute Gasteiger partial charge is 0.220 e. The molecule has 16 heavy (non-hydrogen) atoms. The highest BCUT2D eigenvalue weighted by atomic mass is 28.4. The van der Waals surface area contributed by atoms with Crippen molar-refractivity contribution < 1.29 is 14.0 Å². The predicted molar refractivity (Wildman–Crippen MR) is 73.6 cm³/mol. The van der Waals surface area contributed by atoms with Crippen LogP contribution < -0.4 is 0 Å². The first-order chi connectivity index (χ1) is 6.77. The molecule has 0 aromatic heterocycles. The molecule has 0 saturated heterocycles. The van der Waals surface area contributed by atoms with Crippen molar-refractivity contribution in [2.24, 2.45) is 0 Å². The van der Waals surface area contributed by atoms with Crippen LogP contribution in [-0.4, -0.2) is 39.7 Å². The SMILES string of the molecule is CO[Si](C)(C)C(C)(O)C(C)(C)O[Si](C)(C)C. The van der Waals surface area contributed by atoms with Gasteiger partial charge in [0.2, 0.25) is 8.32 Å². The van der Waals surface area contributed by atoms with Crippen LogP contribution in [0.2, 0.25) is 32.7 Å². The van der Waals surface area contributed by atoms with Gasteiger partial charge in [0.15, 0.2) is 8.32 Å². The van der Waals surface area contributed by atoms with Gasteiger partial charge in [0.25, 0.3) is 0 Å². The Morgan fingerprint density at radius 3 is 1.56 bits per heavy atom. The highest BCUT2D eigenvalue weighted by Gasteiger charge is 2.54. The molecule has 0 aliphatic rings. The molecule has 0 spiro atoms. The molecule has 3 nitrogen and oxygen atoms in total. The minimum atomic E-state index is -2.19. The Morgan fingerprint density at radius 1 is 0.938 bits per heavy atom. The first-order valence-corrected chi connectivity index (χ1v) is 12.1. The standard InChI is InChI=1S/C11H28O3Si2/c1-10(2,14-15(5,6)7)11(3,12)16(8,9)13-4/h12H,1-9H3. The highest BCUT2D eigenvalue weighted by molar-refractivity contribution is 6.74. The zero-order chi connectivity index (χ0) is 13.4. The van der Waals surface area contributed by atoms with Crippen LogP contribution in [0.25, 0.3) is 0 Å². The minimum absolute atomic E-state index is 0.580. The third-order valence-corrected chi connectivity index (χ3v) is 8.51. The lowest BCUT2D eigenvalue weighted by atomic mass is 10.0.